The summed E-state index contributed by atoms with van der Waals surface area (Å²) in [6.45, 7) is 1.44. The zero-order chi connectivity index (χ0) is 12.3. The van der Waals surface area contributed by atoms with E-state index >= 15 is 0 Å². The summed E-state index contributed by atoms with van der Waals surface area (Å²) in [6, 6.07) is 3.48. The lowest BCUT2D eigenvalue weighted by Crippen LogP contribution is -2.09. The van der Waals surface area contributed by atoms with E-state index in [-0.39, 0.29) is 0 Å². The minimum absolute atomic E-state index is 0.303. The fourth-order valence-corrected chi connectivity index (χ4v) is 2.14. The predicted molar refractivity (Wildman–Crippen MR) is 65.9 cm³/mol. The van der Waals surface area contributed by atoms with E-state index < -0.39 is 5.97 Å². The van der Waals surface area contributed by atoms with Gasteiger partial charge in [-0.2, -0.15) is 5.10 Å². The number of carboxylic acid groups (broad SMARTS) is 1. The summed E-state index contributed by atoms with van der Waals surface area (Å²) in [5.74, 6) is -0.908. The molecule has 0 atom stereocenters. The van der Waals surface area contributed by atoms with Crippen molar-refractivity contribution in [3.8, 4) is 0 Å². The van der Waals surface area contributed by atoms with Gasteiger partial charge >= 0.3 is 5.97 Å². The van der Waals surface area contributed by atoms with Crippen LogP contribution in [0.3, 0.4) is 0 Å². The average molecular weight is 298 g/mol. The van der Waals surface area contributed by atoms with Crippen molar-refractivity contribution >= 4 is 21.9 Å². The van der Waals surface area contributed by atoms with E-state index in [1.165, 1.54) is 0 Å². The molecule has 17 heavy (non-hydrogen) atoms. The Balaban J connectivity index is 1.96. The van der Waals surface area contributed by atoms with Gasteiger partial charge in [-0.05, 0) is 34.5 Å². The third-order valence-electron chi connectivity index (χ3n) is 2.43. The highest BCUT2D eigenvalue weighted by molar-refractivity contribution is 9.10. The molecular weight excluding hydrogens is 286 g/mol. The maximum atomic E-state index is 11.0. The molecule has 0 saturated carbocycles. The molecule has 0 spiro atoms. The largest absolute Gasteiger partial charge is 0.477 e. The number of aromatic nitrogens is 3. The standard InChI is InChI=1S/C11H12BrN3O2/c12-9-7-10(11(16)17)14(8-9)4-2-6-15-5-1-3-13-15/h1,3,5,7-8H,2,4,6H2,(H,16,17). The van der Waals surface area contributed by atoms with Gasteiger partial charge in [0, 0.05) is 36.2 Å². The summed E-state index contributed by atoms with van der Waals surface area (Å²) in [5, 5.41) is 13.1. The molecule has 0 aliphatic rings. The van der Waals surface area contributed by atoms with Gasteiger partial charge in [0.15, 0.2) is 0 Å². The molecule has 0 amide bonds. The van der Waals surface area contributed by atoms with Crippen molar-refractivity contribution in [2.24, 2.45) is 0 Å². The Labute approximate surface area is 107 Å². The Morgan fingerprint density at radius 2 is 2.29 bits per heavy atom. The molecule has 0 aliphatic heterocycles. The van der Waals surface area contributed by atoms with E-state index in [2.05, 4.69) is 21.0 Å². The molecule has 0 radical (unpaired) electrons. The van der Waals surface area contributed by atoms with Crippen LogP contribution >= 0.6 is 15.9 Å². The molecule has 2 aromatic rings. The van der Waals surface area contributed by atoms with Gasteiger partial charge in [-0.15, -0.1) is 0 Å². The Morgan fingerprint density at radius 1 is 1.47 bits per heavy atom. The number of rotatable bonds is 5. The molecule has 2 aromatic heterocycles. The summed E-state index contributed by atoms with van der Waals surface area (Å²) in [4.78, 5) is 11.0. The predicted octanol–water partition coefficient (Wildman–Crippen LogP) is 2.24. The summed E-state index contributed by atoms with van der Waals surface area (Å²) >= 11 is 3.28. The molecule has 0 fully saturated rings. The van der Waals surface area contributed by atoms with E-state index in [0.717, 1.165) is 17.4 Å². The van der Waals surface area contributed by atoms with Crippen molar-refractivity contribution in [3.63, 3.8) is 0 Å². The topological polar surface area (TPSA) is 60.0 Å². The Bertz CT molecular complexity index is 505. The van der Waals surface area contributed by atoms with Gasteiger partial charge in [-0.3, -0.25) is 4.68 Å². The van der Waals surface area contributed by atoms with Gasteiger partial charge in [0.2, 0.25) is 0 Å². The summed E-state index contributed by atoms with van der Waals surface area (Å²) < 4.78 is 4.35. The number of aryl methyl sites for hydroxylation is 2. The molecule has 5 nitrogen and oxygen atoms in total. The van der Waals surface area contributed by atoms with Gasteiger partial charge < -0.3 is 9.67 Å². The monoisotopic (exact) mass is 297 g/mol. The Hall–Kier alpha value is -1.56. The molecule has 0 aliphatic carbocycles. The highest BCUT2D eigenvalue weighted by Gasteiger charge is 2.10. The van der Waals surface area contributed by atoms with E-state index in [9.17, 15) is 4.79 Å². The zero-order valence-electron chi connectivity index (χ0n) is 9.08. The number of aromatic carboxylic acids is 1. The quantitative estimate of drug-likeness (QED) is 0.921. The van der Waals surface area contributed by atoms with Crippen molar-refractivity contribution in [3.05, 3.63) is 40.9 Å². The first-order valence-corrected chi connectivity index (χ1v) is 6.02. The van der Waals surface area contributed by atoms with E-state index in [4.69, 9.17) is 5.11 Å². The molecule has 0 bridgehead atoms. The molecule has 0 aromatic carbocycles. The Morgan fingerprint density at radius 3 is 2.94 bits per heavy atom. The summed E-state index contributed by atoms with van der Waals surface area (Å²) in [5.41, 5.74) is 0.303. The number of carboxylic acids is 1. The van der Waals surface area contributed by atoms with E-state index in [1.54, 1.807) is 23.0 Å². The third-order valence-corrected chi connectivity index (χ3v) is 2.86. The maximum Gasteiger partial charge on any atom is 0.352 e. The molecule has 1 N–H and O–H groups in total. The van der Waals surface area contributed by atoms with Crippen molar-refractivity contribution < 1.29 is 9.90 Å². The first-order chi connectivity index (χ1) is 8.16. The minimum atomic E-state index is -0.908. The fraction of sp³-hybridized carbons (Fsp3) is 0.273. The Kier molecular flexibility index (Phi) is 3.63. The normalized spacial score (nSPS) is 10.6. The number of hydrogen-bond acceptors (Lipinski definition) is 2. The molecule has 2 rings (SSSR count). The van der Waals surface area contributed by atoms with Crippen molar-refractivity contribution in [2.75, 3.05) is 0 Å². The molecular formula is C11H12BrN3O2. The van der Waals surface area contributed by atoms with Crippen LogP contribution in [0.15, 0.2) is 35.2 Å². The highest BCUT2D eigenvalue weighted by atomic mass is 79.9. The lowest BCUT2D eigenvalue weighted by molar-refractivity contribution is 0.0685. The van der Waals surface area contributed by atoms with Gasteiger partial charge in [-0.1, -0.05) is 0 Å². The van der Waals surface area contributed by atoms with Crippen LogP contribution in [0.25, 0.3) is 0 Å². The molecule has 2 heterocycles. The highest BCUT2D eigenvalue weighted by Crippen LogP contribution is 2.15. The third kappa shape index (κ3) is 2.97. The second kappa shape index (κ2) is 5.18. The summed E-state index contributed by atoms with van der Waals surface area (Å²) in [7, 11) is 0. The maximum absolute atomic E-state index is 11.0. The van der Waals surface area contributed by atoms with Gasteiger partial charge in [-0.25, -0.2) is 4.79 Å². The molecule has 0 saturated heterocycles. The smallest absolute Gasteiger partial charge is 0.352 e. The van der Waals surface area contributed by atoms with Crippen molar-refractivity contribution in [2.45, 2.75) is 19.5 Å². The second-order valence-electron chi connectivity index (χ2n) is 3.66. The fourth-order valence-electron chi connectivity index (χ4n) is 1.67. The number of carbonyl (C=O) groups is 1. The lowest BCUT2D eigenvalue weighted by Gasteiger charge is -2.06. The van der Waals surface area contributed by atoms with Crippen LogP contribution in [0.5, 0.6) is 0 Å². The van der Waals surface area contributed by atoms with Crippen LogP contribution in [0, 0.1) is 0 Å². The van der Waals surface area contributed by atoms with Crippen LogP contribution < -0.4 is 0 Å². The van der Waals surface area contributed by atoms with Crippen LogP contribution in [-0.2, 0) is 13.1 Å². The van der Waals surface area contributed by atoms with E-state index in [1.807, 2.05) is 16.9 Å². The van der Waals surface area contributed by atoms with Gasteiger partial charge in [0.1, 0.15) is 5.69 Å². The van der Waals surface area contributed by atoms with Crippen LogP contribution in [0.2, 0.25) is 0 Å². The van der Waals surface area contributed by atoms with Gasteiger partial charge in [0.25, 0.3) is 0 Å². The van der Waals surface area contributed by atoms with Gasteiger partial charge in [0.05, 0.1) is 0 Å². The van der Waals surface area contributed by atoms with Crippen LogP contribution in [0.4, 0.5) is 0 Å². The van der Waals surface area contributed by atoms with Crippen molar-refractivity contribution in [1.29, 1.82) is 0 Å². The van der Waals surface area contributed by atoms with Crippen LogP contribution in [-0.4, -0.2) is 25.4 Å². The second-order valence-corrected chi connectivity index (χ2v) is 4.58. The van der Waals surface area contributed by atoms with E-state index in [0.29, 0.717) is 12.2 Å². The molecule has 0 unspecified atom stereocenters. The molecule has 90 valence electrons. The lowest BCUT2D eigenvalue weighted by atomic mass is 10.4. The zero-order valence-corrected chi connectivity index (χ0v) is 10.7. The first kappa shape index (κ1) is 11.9. The minimum Gasteiger partial charge on any atom is -0.477 e. The summed E-state index contributed by atoms with van der Waals surface area (Å²) in [6.07, 6.45) is 6.24. The average Bonchev–Trinajstić information content (AvgIpc) is 2.88. The van der Waals surface area contributed by atoms with Crippen LogP contribution in [0.1, 0.15) is 16.9 Å². The number of nitrogens with zero attached hydrogens (tertiary/aromatic N) is 3. The molecule has 6 heteroatoms. The SMILES string of the molecule is O=C(O)c1cc(Br)cn1CCCn1cccn1. The number of halogens is 1. The first-order valence-electron chi connectivity index (χ1n) is 5.23. The van der Waals surface area contributed by atoms with Crippen molar-refractivity contribution in [1.82, 2.24) is 14.3 Å². The number of hydrogen-bond donors (Lipinski definition) is 1.